The fourth-order valence-corrected chi connectivity index (χ4v) is 4.62. The van der Waals surface area contributed by atoms with Gasteiger partial charge in [0.05, 0.1) is 5.56 Å². The molecule has 0 unspecified atom stereocenters. The lowest BCUT2D eigenvalue weighted by molar-refractivity contribution is 0.237. The largest absolute Gasteiger partial charge is 0.338 e. The second-order valence-electron chi connectivity index (χ2n) is 8.26. The summed E-state index contributed by atoms with van der Waals surface area (Å²) in [6.45, 7) is 4.22. The van der Waals surface area contributed by atoms with E-state index in [4.69, 9.17) is 0 Å². The lowest BCUT2D eigenvalue weighted by Crippen LogP contribution is -2.42. The summed E-state index contributed by atoms with van der Waals surface area (Å²) in [5.74, 6) is -1.08. The number of nitrogens with zero attached hydrogens (tertiary/aromatic N) is 4. The summed E-state index contributed by atoms with van der Waals surface area (Å²) in [5, 5.41) is 0. The fraction of sp³-hybridized carbons (Fsp3) is 0.333. The Morgan fingerprint density at radius 3 is 2.55 bits per heavy atom. The molecule has 31 heavy (non-hydrogen) atoms. The van der Waals surface area contributed by atoms with Crippen molar-refractivity contribution in [1.29, 1.82) is 0 Å². The van der Waals surface area contributed by atoms with Gasteiger partial charge in [-0.25, -0.2) is 8.78 Å². The van der Waals surface area contributed by atoms with E-state index in [1.165, 1.54) is 11.6 Å². The minimum atomic E-state index is -0.858. The number of benzene rings is 2. The lowest BCUT2D eigenvalue weighted by atomic mass is 10.0. The highest BCUT2D eigenvalue weighted by Gasteiger charge is 2.28. The molecule has 0 fully saturated rings. The Hall–Kier alpha value is -3.06. The van der Waals surface area contributed by atoms with Crippen LogP contribution in [0.15, 0.2) is 53.3 Å². The van der Waals surface area contributed by atoms with Crippen molar-refractivity contribution in [3.05, 3.63) is 92.9 Å². The molecule has 0 aliphatic carbocycles. The van der Waals surface area contributed by atoms with Gasteiger partial charge in [-0.05, 0) is 29.7 Å². The van der Waals surface area contributed by atoms with Gasteiger partial charge in [0.15, 0.2) is 11.6 Å². The molecule has 0 saturated heterocycles. The Morgan fingerprint density at radius 2 is 1.74 bits per heavy atom. The summed E-state index contributed by atoms with van der Waals surface area (Å²) in [5.41, 5.74) is 3.55. The molecule has 5 rings (SSSR count). The topological polar surface area (TPSA) is 41.4 Å². The third-order valence-corrected chi connectivity index (χ3v) is 6.12. The molecule has 0 saturated carbocycles. The molecule has 0 amide bonds. The first-order chi connectivity index (χ1) is 15.1. The Balaban J connectivity index is 1.41. The standard InChI is InChI=1S/C24H24F2N4O/c25-20-8-7-18(13-21(20)26)15-29-10-4-11-30-22-9-12-28(14-17-5-2-1-3-6-17)16-19(22)23(31)27-24(29)30/h1-3,5-8,13H,4,9-12,14-16H2. The molecule has 160 valence electrons. The molecular formula is C24H24F2N4O. The number of halogens is 2. The van der Waals surface area contributed by atoms with Crippen molar-refractivity contribution in [2.75, 3.05) is 18.0 Å². The minimum absolute atomic E-state index is 0.184. The quantitative estimate of drug-likeness (QED) is 0.646. The van der Waals surface area contributed by atoms with Crippen LogP contribution >= 0.6 is 0 Å². The number of rotatable bonds is 4. The number of aromatic nitrogens is 2. The molecular weight excluding hydrogens is 398 g/mol. The fourth-order valence-electron chi connectivity index (χ4n) is 4.62. The first kappa shape index (κ1) is 19.9. The van der Waals surface area contributed by atoms with Crippen molar-refractivity contribution in [1.82, 2.24) is 14.5 Å². The molecule has 1 aromatic heterocycles. The average Bonchev–Trinajstić information content (AvgIpc) is 2.78. The molecule has 2 aliphatic rings. The molecule has 2 aliphatic heterocycles. The predicted molar refractivity (Wildman–Crippen MR) is 115 cm³/mol. The second kappa shape index (κ2) is 8.23. The van der Waals surface area contributed by atoms with Crippen molar-refractivity contribution in [3.8, 4) is 0 Å². The molecule has 7 heteroatoms. The maximum atomic E-state index is 13.6. The van der Waals surface area contributed by atoms with Crippen LogP contribution in [0.1, 0.15) is 28.8 Å². The summed E-state index contributed by atoms with van der Waals surface area (Å²) in [6, 6.07) is 14.2. The summed E-state index contributed by atoms with van der Waals surface area (Å²) in [6.07, 6.45) is 1.72. The van der Waals surface area contributed by atoms with Crippen LogP contribution in [0.5, 0.6) is 0 Å². The van der Waals surface area contributed by atoms with E-state index in [-0.39, 0.29) is 5.56 Å². The third-order valence-electron chi connectivity index (χ3n) is 6.12. The molecule has 5 nitrogen and oxygen atoms in total. The molecule has 3 aromatic rings. The van der Waals surface area contributed by atoms with Crippen molar-refractivity contribution in [3.63, 3.8) is 0 Å². The molecule has 0 spiro atoms. The van der Waals surface area contributed by atoms with Gasteiger partial charge in [0.2, 0.25) is 5.95 Å². The van der Waals surface area contributed by atoms with Crippen molar-refractivity contribution >= 4 is 5.95 Å². The van der Waals surface area contributed by atoms with Crippen LogP contribution in [0.25, 0.3) is 0 Å². The van der Waals surface area contributed by atoms with Gasteiger partial charge in [-0.15, -0.1) is 0 Å². The summed E-state index contributed by atoms with van der Waals surface area (Å²) in [7, 11) is 0. The highest BCUT2D eigenvalue weighted by atomic mass is 19.2. The van der Waals surface area contributed by atoms with Gasteiger partial charge in [0.25, 0.3) is 5.56 Å². The Labute approximate surface area is 179 Å². The minimum Gasteiger partial charge on any atom is -0.338 e. The highest BCUT2D eigenvalue weighted by molar-refractivity contribution is 5.40. The van der Waals surface area contributed by atoms with E-state index in [0.717, 1.165) is 56.3 Å². The van der Waals surface area contributed by atoms with E-state index in [0.29, 0.717) is 24.6 Å². The zero-order chi connectivity index (χ0) is 21.4. The van der Waals surface area contributed by atoms with Crippen molar-refractivity contribution in [2.45, 2.75) is 39.0 Å². The number of hydrogen-bond acceptors (Lipinski definition) is 4. The van der Waals surface area contributed by atoms with Crippen molar-refractivity contribution < 1.29 is 8.78 Å². The van der Waals surface area contributed by atoms with Crippen LogP contribution < -0.4 is 10.5 Å². The first-order valence-electron chi connectivity index (χ1n) is 10.7. The highest BCUT2D eigenvalue weighted by Crippen LogP contribution is 2.26. The van der Waals surface area contributed by atoms with Crippen LogP contribution in [0.3, 0.4) is 0 Å². The SMILES string of the molecule is O=c1nc2n(c3c1CN(Cc1ccccc1)CC3)CCCN2Cc1ccc(F)c(F)c1. The summed E-state index contributed by atoms with van der Waals surface area (Å²) in [4.78, 5) is 21.6. The molecule has 0 radical (unpaired) electrons. The van der Waals surface area contributed by atoms with Gasteiger partial charge in [-0.2, -0.15) is 4.98 Å². The summed E-state index contributed by atoms with van der Waals surface area (Å²) < 4.78 is 29.1. The predicted octanol–water partition coefficient (Wildman–Crippen LogP) is 3.49. The average molecular weight is 422 g/mol. The van der Waals surface area contributed by atoms with Gasteiger partial charge >= 0.3 is 0 Å². The zero-order valence-corrected chi connectivity index (χ0v) is 17.2. The monoisotopic (exact) mass is 422 g/mol. The second-order valence-corrected chi connectivity index (χ2v) is 8.26. The smallest absolute Gasteiger partial charge is 0.279 e. The number of anilines is 1. The molecule has 0 bridgehead atoms. The maximum Gasteiger partial charge on any atom is 0.279 e. The van der Waals surface area contributed by atoms with Gasteiger partial charge in [0, 0.05) is 51.4 Å². The van der Waals surface area contributed by atoms with E-state index >= 15 is 0 Å². The van der Waals surface area contributed by atoms with Crippen LogP contribution in [-0.2, 0) is 32.6 Å². The van der Waals surface area contributed by atoms with Gasteiger partial charge in [-0.1, -0.05) is 36.4 Å². The van der Waals surface area contributed by atoms with E-state index in [1.54, 1.807) is 6.07 Å². The van der Waals surface area contributed by atoms with Gasteiger partial charge < -0.3 is 9.47 Å². The number of hydrogen-bond donors (Lipinski definition) is 0. The molecule has 3 heterocycles. The lowest BCUT2D eigenvalue weighted by Gasteiger charge is -2.36. The Morgan fingerprint density at radius 1 is 0.903 bits per heavy atom. The van der Waals surface area contributed by atoms with E-state index in [1.807, 2.05) is 23.1 Å². The zero-order valence-electron chi connectivity index (χ0n) is 17.2. The van der Waals surface area contributed by atoms with Gasteiger partial charge in [-0.3, -0.25) is 9.69 Å². The van der Waals surface area contributed by atoms with Crippen LogP contribution in [0.2, 0.25) is 0 Å². The Kier molecular flexibility index (Phi) is 5.28. The van der Waals surface area contributed by atoms with E-state index in [2.05, 4.69) is 26.6 Å². The van der Waals surface area contributed by atoms with Gasteiger partial charge in [0.1, 0.15) is 0 Å². The van der Waals surface area contributed by atoms with Crippen LogP contribution in [0.4, 0.5) is 14.7 Å². The molecule has 2 aromatic carbocycles. The number of fused-ring (bicyclic) bond motifs is 3. The van der Waals surface area contributed by atoms with Crippen molar-refractivity contribution in [2.24, 2.45) is 0 Å². The summed E-state index contributed by atoms with van der Waals surface area (Å²) >= 11 is 0. The van der Waals surface area contributed by atoms with E-state index in [9.17, 15) is 13.6 Å². The first-order valence-corrected chi connectivity index (χ1v) is 10.7. The maximum absolute atomic E-state index is 13.6. The third kappa shape index (κ3) is 3.97. The Bertz CT molecular complexity index is 1160. The normalized spacial score (nSPS) is 16.1. The van der Waals surface area contributed by atoms with E-state index < -0.39 is 11.6 Å². The molecule has 0 atom stereocenters. The van der Waals surface area contributed by atoms with Crippen LogP contribution in [-0.4, -0.2) is 27.5 Å². The van der Waals surface area contributed by atoms with Crippen LogP contribution in [0, 0.1) is 11.6 Å². The molecule has 0 N–H and O–H groups in total.